The molecule has 2 aromatic carbocycles. The number of anilines is 1. The van der Waals surface area contributed by atoms with Gasteiger partial charge in [0.1, 0.15) is 12.4 Å². The van der Waals surface area contributed by atoms with Gasteiger partial charge in [-0.15, -0.1) is 24.8 Å². The average molecular weight is 411 g/mol. The molecule has 27 heavy (non-hydrogen) atoms. The van der Waals surface area contributed by atoms with Crippen molar-refractivity contribution in [3.63, 3.8) is 0 Å². The summed E-state index contributed by atoms with van der Waals surface area (Å²) in [5, 5.41) is 0. The quantitative estimate of drug-likeness (QED) is 0.653. The number of benzene rings is 2. The van der Waals surface area contributed by atoms with Crippen molar-refractivity contribution in [1.82, 2.24) is 4.90 Å². The number of para-hydroxylation sites is 1. The van der Waals surface area contributed by atoms with Crippen LogP contribution in [-0.4, -0.2) is 44.2 Å². The number of hydrogen-bond donors (Lipinski definition) is 0. The van der Waals surface area contributed by atoms with Gasteiger partial charge >= 0.3 is 0 Å². The molecule has 3 nitrogen and oxygen atoms in total. The van der Waals surface area contributed by atoms with Crippen LogP contribution in [0.5, 0.6) is 5.75 Å². The Hall–Kier alpha value is -1.42. The molecule has 2 aromatic rings. The van der Waals surface area contributed by atoms with Gasteiger partial charge in [-0.25, -0.2) is 0 Å². The van der Waals surface area contributed by atoms with Crippen LogP contribution in [0.3, 0.4) is 0 Å². The van der Waals surface area contributed by atoms with E-state index in [2.05, 4.69) is 79.1 Å². The predicted molar refractivity (Wildman–Crippen MR) is 120 cm³/mol. The Bertz CT molecular complexity index is 671. The van der Waals surface area contributed by atoms with Gasteiger partial charge in [-0.05, 0) is 42.2 Å². The fourth-order valence-electron chi connectivity index (χ4n) is 3.28. The molecule has 1 aliphatic heterocycles. The summed E-state index contributed by atoms with van der Waals surface area (Å²) < 4.78 is 6.09. The van der Waals surface area contributed by atoms with E-state index in [-0.39, 0.29) is 24.8 Å². The van der Waals surface area contributed by atoms with Crippen LogP contribution < -0.4 is 9.64 Å². The van der Waals surface area contributed by atoms with Crippen molar-refractivity contribution >= 4 is 30.5 Å². The van der Waals surface area contributed by atoms with Crippen LogP contribution in [0.25, 0.3) is 0 Å². The second-order valence-electron chi connectivity index (χ2n) is 7.19. The number of piperazine rings is 1. The molecular formula is C22H32Cl2N2O. The Labute approximate surface area is 176 Å². The summed E-state index contributed by atoms with van der Waals surface area (Å²) in [6, 6.07) is 17.3. The van der Waals surface area contributed by atoms with Crippen molar-refractivity contribution in [3.05, 3.63) is 59.7 Å². The third kappa shape index (κ3) is 6.60. The zero-order valence-corrected chi connectivity index (χ0v) is 18.2. The summed E-state index contributed by atoms with van der Waals surface area (Å²) in [5.74, 6) is 1.57. The van der Waals surface area contributed by atoms with Crippen molar-refractivity contribution in [2.45, 2.75) is 26.7 Å². The molecule has 0 bridgehead atoms. The first-order valence-corrected chi connectivity index (χ1v) is 9.39. The summed E-state index contributed by atoms with van der Waals surface area (Å²) in [5.41, 5.74) is 3.90. The molecule has 0 atom stereocenters. The van der Waals surface area contributed by atoms with Crippen molar-refractivity contribution < 1.29 is 4.74 Å². The van der Waals surface area contributed by atoms with Gasteiger partial charge in [0, 0.05) is 38.4 Å². The molecule has 0 unspecified atom stereocenters. The lowest BCUT2D eigenvalue weighted by molar-refractivity contribution is 0.200. The Balaban J connectivity index is 0.00000182. The number of nitrogens with zero attached hydrogens (tertiary/aromatic N) is 2. The average Bonchev–Trinajstić information content (AvgIpc) is 2.64. The van der Waals surface area contributed by atoms with E-state index >= 15 is 0 Å². The molecule has 0 saturated carbocycles. The maximum atomic E-state index is 6.09. The molecular weight excluding hydrogens is 379 g/mol. The maximum absolute atomic E-state index is 6.09. The van der Waals surface area contributed by atoms with Crippen LogP contribution in [0.4, 0.5) is 5.69 Å². The fraction of sp³-hybridized carbons (Fsp3) is 0.455. The van der Waals surface area contributed by atoms with E-state index in [1.807, 2.05) is 0 Å². The van der Waals surface area contributed by atoms with E-state index in [4.69, 9.17) is 4.74 Å². The van der Waals surface area contributed by atoms with Crippen LogP contribution in [0.1, 0.15) is 30.9 Å². The van der Waals surface area contributed by atoms with E-state index in [0.717, 1.165) is 45.1 Å². The van der Waals surface area contributed by atoms with E-state index in [1.54, 1.807) is 0 Å². The highest BCUT2D eigenvalue weighted by atomic mass is 35.5. The van der Waals surface area contributed by atoms with Gasteiger partial charge < -0.3 is 9.64 Å². The monoisotopic (exact) mass is 410 g/mol. The molecule has 150 valence electrons. The Morgan fingerprint density at radius 3 is 2.22 bits per heavy atom. The molecule has 1 saturated heterocycles. The Kier molecular flexibility index (Phi) is 10.00. The first kappa shape index (κ1) is 23.6. The molecule has 1 fully saturated rings. The minimum Gasteiger partial charge on any atom is -0.492 e. The molecule has 3 rings (SSSR count). The number of hydrogen-bond acceptors (Lipinski definition) is 3. The van der Waals surface area contributed by atoms with Gasteiger partial charge in [0.25, 0.3) is 0 Å². The number of rotatable bonds is 6. The van der Waals surface area contributed by atoms with Crippen molar-refractivity contribution in [3.8, 4) is 5.75 Å². The number of aryl methyl sites for hydroxylation is 1. The van der Waals surface area contributed by atoms with Crippen LogP contribution >= 0.6 is 24.8 Å². The van der Waals surface area contributed by atoms with Crippen molar-refractivity contribution in [2.24, 2.45) is 0 Å². The Morgan fingerprint density at radius 2 is 1.59 bits per heavy atom. The van der Waals surface area contributed by atoms with Gasteiger partial charge in [-0.1, -0.05) is 44.2 Å². The van der Waals surface area contributed by atoms with E-state index in [9.17, 15) is 0 Å². The smallest absolute Gasteiger partial charge is 0.122 e. The molecule has 0 amide bonds. The maximum Gasteiger partial charge on any atom is 0.122 e. The van der Waals surface area contributed by atoms with Gasteiger partial charge in [0.2, 0.25) is 0 Å². The molecule has 1 heterocycles. The van der Waals surface area contributed by atoms with E-state index in [1.165, 1.54) is 16.8 Å². The second-order valence-corrected chi connectivity index (χ2v) is 7.19. The van der Waals surface area contributed by atoms with Crippen LogP contribution in [-0.2, 0) is 0 Å². The lowest BCUT2D eigenvalue weighted by atomic mass is 10.0. The fourth-order valence-corrected chi connectivity index (χ4v) is 3.28. The zero-order chi connectivity index (χ0) is 17.6. The van der Waals surface area contributed by atoms with Crippen LogP contribution in [0.15, 0.2) is 48.5 Å². The van der Waals surface area contributed by atoms with Crippen LogP contribution in [0.2, 0.25) is 0 Å². The van der Waals surface area contributed by atoms with Gasteiger partial charge in [0.15, 0.2) is 0 Å². The highest BCUT2D eigenvalue weighted by Gasteiger charge is 2.17. The molecule has 0 aromatic heterocycles. The number of ether oxygens (including phenoxy) is 1. The highest BCUT2D eigenvalue weighted by molar-refractivity contribution is 5.85. The van der Waals surface area contributed by atoms with Gasteiger partial charge in [-0.3, -0.25) is 4.90 Å². The highest BCUT2D eigenvalue weighted by Crippen LogP contribution is 2.24. The standard InChI is InChI=1S/C22H30N2O.2ClH/c1-18(2)20-10-9-19(3)22(17-20)25-16-15-23-11-13-24(14-12-23)21-7-5-4-6-8-21;;/h4-10,17-18H,11-16H2,1-3H3;2*1H. The van der Waals surface area contributed by atoms with Crippen LogP contribution in [0, 0.1) is 6.92 Å². The first-order chi connectivity index (χ1) is 12.1. The molecule has 0 aliphatic carbocycles. The first-order valence-electron chi connectivity index (χ1n) is 9.39. The topological polar surface area (TPSA) is 15.7 Å². The summed E-state index contributed by atoms with van der Waals surface area (Å²) >= 11 is 0. The lowest BCUT2D eigenvalue weighted by Gasteiger charge is -2.36. The van der Waals surface area contributed by atoms with Gasteiger partial charge in [-0.2, -0.15) is 0 Å². The Morgan fingerprint density at radius 1 is 0.926 bits per heavy atom. The normalized spacial score (nSPS) is 14.4. The summed E-state index contributed by atoms with van der Waals surface area (Å²) in [6.45, 7) is 12.7. The predicted octanol–water partition coefficient (Wildman–Crippen LogP) is 5.16. The molecule has 1 aliphatic rings. The van der Waals surface area contributed by atoms with Gasteiger partial charge in [0.05, 0.1) is 0 Å². The lowest BCUT2D eigenvalue weighted by Crippen LogP contribution is -2.47. The van der Waals surface area contributed by atoms with E-state index in [0.29, 0.717) is 5.92 Å². The summed E-state index contributed by atoms with van der Waals surface area (Å²) in [7, 11) is 0. The summed E-state index contributed by atoms with van der Waals surface area (Å²) in [6.07, 6.45) is 0. The molecule has 0 N–H and O–H groups in total. The second kappa shape index (κ2) is 11.4. The minimum atomic E-state index is 0. The molecule has 0 spiro atoms. The third-order valence-electron chi connectivity index (χ3n) is 5.04. The molecule has 5 heteroatoms. The van der Waals surface area contributed by atoms with Crippen molar-refractivity contribution in [2.75, 3.05) is 44.2 Å². The third-order valence-corrected chi connectivity index (χ3v) is 5.04. The number of halogens is 2. The minimum absolute atomic E-state index is 0. The summed E-state index contributed by atoms with van der Waals surface area (Å²) in [4.78, 5) is 4.97. The van der Waals surface area contributed by atoms with E-state index < -0.39 is 0 Å². The van der Waals surface area contributed by atoms with Crippen molar-refractivity contribution in [1.29, 1.82) is 0 Å². The SMILES string of the molecule is Cc1ccc(C(C)C)cc1OCCN1CCN(c2ccccc2)CC1.Cl.Cl. The zero-order valence-electron chi connectivity index (χ0n) is 16.6. The largest absolute Gasteiger partial charge is 0.492 e. The molecule has 0 radical (unpaired) electrons.